The normalized spacial score (nSPS) is 26.8. The third kappa shape index (κ3) is 6.43. The number of unbranched alkanes of at least 4 members (excludes halogenated alkanes) is 3. The summed E-state index contributed by atoms with van der Waals surface area (Å²) >= 11 is 0. The van der Waals surface area contributed by atoms with Crippen LogP contribution in [0, 0.1) is 17.8 Å². The van der Waals surface area contributed by atoms with Gasteiger partial charge in [0.05, 0.1) is 17.4 Å². The Morgan fingerprint density at radius 2 is 1.47 bits per heavy atom. The van der Waals surface area contributed by atoms with Gasteiger partial charge in [-0.1, -0.05) is 50.1 Å². The highest BCUT2D eigenvalue weighted by molar-refractivity contribution is 6.07. The number of aliphatic hydroxyl groups is 1. The Labute approximate surface area is 292 Å². The highest BCUT2D eigenvalue weighted by Gasteiger charge is 2.80. The van der Waals surface area contributed by atoms with E-state index in [1.165, 1.54) is 0 Å². The Morgan fingerprint density at radius 3 is 2.06 bits per heavy atom. The molecule has 1 N–H and O–H groups in total. The summed E-state index contributed by atoms with van der Waals surface area (Å²) in [4.78, 5) is 52.0. The van der Waals surface area contributed by atoms with E-state index in [2.05, 4.69) is 38.8 Å². The molecule has 0 radical (unpaired) electrons. The maximum Gasteiger partial charge on any atom is 0.253 e. The third-order valence-electron chi connectivity index (χ3n) is 11.1. The average Bonchev–Trinajstić information content (AvgIpc) is 3.62. The van der Waals surface area contributed by atoms with Crippen LogP contribution in [-0.4, -0.2) is 84.3 Å². The number of hydrogen-bond acceptors (Lipinski definition) is 6. The minimum atomic E-state index is -1.16. The molecule has 1 spiro atoms. The lowest BCUT2D eigenvalue weighted by Crippen LogP contribution is -2.57. The molecule has 6 atom stereocenters. The number of carbonyl (C=O) groups excluding carboxylic acids is 3. The molecule has 0 aromatic heterocycles. The van der Waals surface area contributed by atoms with E-state index in [1.807, 2.05) is 61.5 Å². The molecule has 264 valence electrons. The molecule has 2 bridgehead atoms. The molecule has 3 fully saturated rings. The van der Waals surface area contributed by atoms with Gasteiger partial charge >= 0.3 is 0 Å². The fourth-order valence-corrected chi connectivity index (χ4v) is 8.64. The lowest BCUT2D eigenvalue weighted by atomic mass is 9.62. The number of benzene rings is 2. The van der Waals surface area contributed by atoms with Gasteiger partial charge in [-0.2, -0.15) is 0 Å². The summed E-state index contributed by atoms with van der Waals surface area (Å²) < 4.78 is 7.06. The summed E-state index contributed by atoms with van der Waals surface area (Å²) in [6, 6.07) is 16.5. The SMILES string of the molecule is C=CCN(C(=O)C1N(CCCCCCO)C(=O)[C@@H]2[C@@H](C(=O)N(CC=C)c3ccccc3)[C@]3(C)OC12CC3C)c1ccc(N(CC)CC)cc1. The van der Waals surface area contributed by atoms with Crippen LogP contribution >= 0.6 is 0 Å². The Bertz CT molecular complexity index is 1490. The van der Waals surface area contributed by atoms with Crippen LogP contribution in [-0.2, 0) is 19.1 Å². The minimum Gasteiger partial charge on any atom is -0.396 e. The van der Waals surface area contributed by atoms with E-state index in [9.17, 15) is 14.7 Å². The first-order valence-corrected chi connectivity index (χ1v) is 18.0. The average molecular weight is 671 g/mol. The van der Waals surface area contributed by atoms with E-state index >= 15 is 4.79 Å². The molecule has 9 heteroatoms. The van der Waals surface area contributed by atoms with E-state index in [1.54, 1.807) is 26.9 Å². The van der Waals surface area contributed by atoms with Gasteiger partial charge in [-0.25, -0.2) is 0 Å². The lowest BCUT2D eigenvalue weighted by molar-refractivity contribution is -0.145. The number of rotatable bonds is 17. The second-order valence-electron chi connectivity index (χ2n) is 13.9. The number of carbonyl (C=O) groups is 3. The van der Waals surface area contributed by atoms with Gasteiger partial charge in [-0.3, -0.25) is 14.4 Å². The molecule has 3 amide bonds. The molecule has 9 nitrogen and oxygen atoms in total. The fourth-order valence-electron chi connectivity index (χ4n) is 8.64. The third-order valence-corrected chi connectivity index (χ3v) is 11.1. The molecule has 5 rings (SSSR count). The van der Waals surface area contributed by atoms with Crippen molar-refractivity contribution in [3.8, 4) is 0 Å². The van der Waals surface area contributed by atoms with Crippen molar-refractivity contribution in [2.75, 3.05) is 54.0 Å². The van der Waals surface area contributed by atoms with Crippen molar-refractivity contribution in [3.05, 3.63) is 79.9 Å². The summed E-state index contributed by atoms with van der Waals surface area (Å²) in [6.07, 6.45) is 6.90. The number of aliphatic hydroxyl groups excluding tert-OH is 1. The molecular formula is C40H54N4O5. The van der Waals surface area contributed by atoms with Crippen LogP contribution in [0.4, 0.5) is 17.1 Å². The molecular weight excluding hydrogens is 616 g/mol. The van der Waals surface area contributed by atoms with E-state index < -0.39 is 29.1 Å². The van der Waals surface area contributed by atoms with Crippen molar-refractivity contribution < 1.29 is 24.2 Å². The number of hydrogen-bond donors (Lipinski definition) is 1. The first kappa shape index (κ1) is 36.3. The van der Waals surface area contributed by atoms with Crippen molar-refractivity contribution >= 4 is 34.8 Å². The number of nitrogens with zero attached hydrogens (tertiary/aromatic N) is 4. The summed E-state index contributed by atoms with van der Waals surface area (Å²) in [7, 11) is 0. The quantitative estimate of drug-likeness (QED) is 0.168. The van der Waals surface area contributed by atoms with Crippen LogP contribution in [0.3, 0.4) is 0 Å². The first-order valence-electron chi connectivity index (χ1n) is 18.0. The second kappa shape index (κ2) is 15.3. The predicted octanol–water partition coefficient (Wildman–Crippen LogP) is 5.83. The van der Waals surface area contributed by atoms with Gasteiger partial charge in [0.1, 0.15) is 11.6 Å². The van der Waals surface area contributed by atoms with E-state index in [-0.39, 0.29) is 43.3 Å². The van der Waals surface area contributed by atoms with Gasteiger partial charge < -0.3 is 29.4 Å². The van der Waals surface area contributed by atoms with Crippen LogP contribution in [0.5, 0.6) is 0 Å². The summed E-state index contributed by atoms with van der Waals surface area (Å²) in [6.45, 7) is 18.9. The zero-order valence-corrected chi connectivity index (χ0v) is 29.7. The minimum absolute atomic E-state index is 0.0760. The van der Waals surface area contributed by atoms with Gasteiger partial charge in [-0.05, 0) is 82.3 Å². The lowest BCUT2D eigenvalue weighted by Gasteiger charge is -2.39. The van der Waals surface area contributed by atoms with Gasteiger partial charge in [0.15, 0.2) is 0 Å². The van der Waals surface area contributed by atoms with Crippen LogP contribution < -0.4 is 14.7 Å². The molecule has 3 aliphatic rings. The Hall–Kier alpha value is -3.95. The highest BCUT2D eigenvalue weighted by atomic mass is 16.5. The largest absolute Gasteiger partial charge is 0.396 e. The number of fused-ring (bicyclic) bond motifs is 1. The number of amides is 3. The van der Waals surface area contributed by atoms with Crippen LogP contribution in [0.2, 0.25) is 0 Å². The molecule has 3 unspecified atom stereocenters. The van der Waals surface area contributed by atoms with Crippen molar-refractivity contribution in [2.24, 2.45) is 17.8 Å². The number of anilines is 3. The highest BCUT2D eigenvalue weighted by Crippen LogP contribution is 2.65. The fraction of sp³-hybridized carbons (Fsp3) is 0.525. The van der Waals surface area contributed by atoms with Gasteiger partial charge in [0.2, 0.25) is 11.8 Å². The Morgan fingerprint density at radius 1 is 0.898 bits per heavy atom. The zero-order valence-electron chi connectivity index (χ0n) is 29.7. The Kier molecular flexibility index (Phi) is 11.3. The summed E-state index contributed by atoms with van der Waals surface area (Å²) in [5.74, 6) is -2.27. The molecule has 2 aromatic carbocycles. The summed E-state index contributed by atoms with van der Waals surface area (Å²) in [5, 5.41) is 9.32. The van der Waals surface area contributed by atoms with Crippen LogP contribution in [0.25, 0.3) is 0 Å². The molecule has 49 heavy (non-hydrogen) atoms. The maximum absolute atomic E-state index is 15.1. The maximum atomic E-state index is 15.1. The van der Waals surface area contributed by atoms with E-state index in [0.717, 1.165) is 43.0 Å². The van der Waals surface area contributed by atoms with E-state index in [4.69, 9.17) is 4.74 Å². The second-order valence-corrected chi connectivity index (χ2v) is 13.9. The van der Waals surface area contributed by atoms with Crippen molar-refractivity contribution in [2.45, 2.75) is 77.0 Å². The Balaban J connectivity index is 1.57. The van der Waals surface area contributed by atoms with Gasteiger partial charge in [0.25, 0.3) is 5.91 Å². The number of likely N-dealkylation sites (tertiary alicyclic amines) is 1. The molecule has 0 saturated carbocycles. The zero-order chi connectivity index (χ0) is 35.3. The topological polar surface area (TPSA) is 93.6 Å². The monoisotopic (exact) mass is 670 g/mol. The van der Waals surface area contributed by atoms with E-state index in [0.29, 0.717) is 25.8 Å². The molecule has 0 aliphatic carbocycles. The number of para-hydroxylation sites is 1. The standard InChI is InChI=1S/C40H54N4O5/c1-7-24-42(31-18-14-13-15-19-31)36(46)33-34-37(47)44(26-16-11-12-17-27-45)35(40(34)28-29(5)39(33,6)49-40)38(48)43(25-8-2)32-22-20-30(21-23-32)41(9-3)10-4/h7-8,13-15,18-23,29,33-35,45H,1-2,9-12,16-17,24-28H2,3-6H3/t29?,33-,34-,35?,39+,40?/m0/s1. The molecule has 3 aliphatic heterocycles. The van der Waals surface area contributed by atoms with Crippen molar-refractivity contribution in [1.82, 2.24) is 4.90 Å². The summed E-state index contributed by atoms with van der Waals surface area (Å²) in [5.41, 5.74) is 0.417. The van der Waals surface area contributed by atoms with Gasteiger partial charge in [0, 0.05) is 56.4 Å². The van der Waals surface area contributed by atoms with Crippen molar-refractivity contribution in [1.29, 1.82) is 0 Å². The molecule has 3 saturated heterocycles. The van der Waals surface area contributed by atoms with Crippen molar-refractivity contribution in [3.63, 3.8) is 0 Å². The van der Waals surface area contributed by atoms with Crippen LogP contribution in [0.15, 0.2) is 79.9 Å². The molecule has 3 heterocycles. The van der Waals surface area contributed by atoms with Gasteiger partial charge in [-0.15, -0.1) is 13.2 Å². The smallest absolute Gasteiger partial charge is 0.253 e. The van der Waals surface area contributed by atoms with Crippen LogP contribution in [0.1, 0.15) is 59.8 Å². The molecule has 2 aromatic rings. The predicted molar refractivity (Wildman–Crippen MR) is 196 cm³/mol. The number of ether oxygens (including phenoxy) is 1. The first-order chi connectivity index (χ1) is 23.6.